The molecule has 1 atom stereocenters. The molecule has 0 fully saturated rings. The van der Waals surface area contributed by atoms with Crippen LogP contribution in [0.5, 0.6) is 5.75 Å². The van der Waals surface area contributed by atoms with E-state index in [1.54, 1.807) is 12.3 Å². The first-order valence-corrected chi connectivity index (χ1v) is 9.78. The van der Waals surface area contributed by atoms with E-state index < -0.39 is 0 Å². The molecule has 1 aromatic heterocycles. The normalized spacial score (nSPS) is 12.0. The van der Waals surface area contributed by atoms with E-state index in [4.69, 9.17) is 9.15 Å². The lowest BCUT2D eigenvalue weighted by atomic mass is 10.1. The van der Waals surface area contributed by atoms with Crippen LogP contribution in [0, 0.1) is 0 Å². The number of nitrogens with zero attached hydrogens (tertiary/aromatic N) is 1. The average Bonchev–Trinajstić information content (AvgIpc) is 3.21. The summed E-state index contributed by atoms with van der Waals surface area (Å²) >= 11 is 3.46. The first-order valence-electron chi connectivity index (χ1n) is 8.99. The molecule has 0 saturated heterocycles. The van der Waals surface area contributed by atoms with Crippen LogP contribution in [0.3, 0.4) is 0 Å². The maximum Gasteiger partial charge on any atom is 0.255 e. The highest BCUT2D eigenvalue weighted by atomic mass is 79.9. The zero-order chi connectivity index (χ0) is 19.9. The Balaban J connectivity index is 1.66. The number of likely N-dealkylation sites (N-methyl/N-ethyl adjacent to an activating group) is 1. The lowest BCUT2D eigenvalue weighted by Crippen LogP contribution is -2.34. The predicted octanol–water partition coefficient (Wildman–Crippen LogP) is 4.65. The van der Waals surface area contributed by atoms with Crippen molar-refractivity contribution in [1.82, 2.24) is 10.2 Å². The van der Waals surface area contributed by atoms with E-state index in [0.717, 1.165) is 15.8 Å². The van der Waals surface area contributed by atoms with Gasteiger partial charge in [0, 0.05) is 11.0 Å². The molecule has 28 heavy (non-hydrogen) atoms. The quantitative estimate of drug-likeness (QED) is 0.551. The number of rotatable bonds is 8. The molecule has 0 aliphatic heterocycles. The number of halogens is 1. The van der Waals surface area contributed by atoms with E-state index in [1.165, 1.54) is 0 Å². The summed E-state index contributed by atoms with van der Waals surface area (Å²) < 4.78 is 12.4. The molecule has 1 amide bonds. The van der Waals surface area contributed by atoms with Gasteiger partial charge >= 0.3 is 0 Å². The molecule has 5 nitrogen and oxygen atoms in total. The zero-order valence-electron chi connectivity index (χ0n) is 15.9. The van der Waals surface area contributed by atoms with Crippen molar-refractivity contribution in [1.29, 1.82) is 0 Å². The fourth-order valence-corrected chi connectivity index (χ4v) is 3.32. The summed E-state index contributed by atoms with van der Waals surface area (Å²) in [6.07, 6.45) is 1.64. The molecule has 1 unspecified atom stereocenters. The van der Waals surface area contributed by atoms with Gasteiger partial charge in [0.05, 0.1) is 17.9 Å². The van der Waals surface area contributed by atoms with Crippen LogP contribution in [0.15, 0.2) is 75.8 Å². The molecule has 1 heterocycles. The molecular formula is C22H23BrN2O3. The van der Waals surface area contributed by atoms with Gasteiger partial charge in [-0.05, 0) is 56.1 Å². The van der Waals surface area contributed by atoms with Gasteiger partial charge in [0.2, 0.25) is 0 Å². The van der Waals surface area contributed by atoms with Crippen LogP contribution in [0.25, 0.3) is 0 Å². The van der Waals surface area contributed by atoms with Gasteiger partial charge in [-0.25, -0.2) is 0 Å². The lowest BCUT2D eigenvalue weighted by Gasteiger charge is -2.22. The van der Waals surface area contributed by atoms with Crippen LogP contribution in [-0.2, 0) is 6.61 Å². The van der Waals surface area contributed by atoms with Gasteiger partial charge < -0.3 is 14.5 Å². The van der Waals surface area contributed by atoms with E-state index in [2.05, 4.69) is 21.2 Å². The molecule has 0 saturated carbocycles. The van der Waals surface area contributed by atoms with Gasteiger partial charge in [-0.3, -0.25) is 9.69 Å². The highest BCUT2D eigenvalue weighted by molar-refractivity contribution is 9.10. The molecule has 0 aliphatic carbocycles. The SMILES string of the molecule is CN(C)C(CNC(=O)c1ccccc1OCc1cccc(Br)c1)c1ccco1. The van der Waals surface area contributed by atoms with E-state index in [-0.39, 0.29) is 11.9 Å². The molecule has 3 aromatic rings. The highest BCUT2D eigenvalue weighted by Gasteiger charge is 2.19. The number of nitrogens with one attached hydrogen (secondary N) is 1. The van der Waals surface area contributed by atoms with Gasteiger partial charge in [-0.2, -0.15) is 0 Å². The Morgan fingerprint density at radius 2 is 1.96 bits per heavy atom. The second-order valence-corrected chi connectivity index (χ2v) is 7.54. The molecular weight excluding hydrogens is 420 g/mol. The number of amides is 1. The van der Waals surface area contributed by atoms with Crippen molar-refractivity contribution in [3.8, 4) is 5.75 Å². The van der Waals surface area contributed by atoms with E-state index >= 15 is 0 Å². The number of carbonyl (C=O) groups excluding carboxylic acids is 1. The van der Waals surface area contributed by atoms with Gasteiger partial charge in [-0.1, -0.05) is 40.2 Å². The molecule has 146 valence electrons. The van der Waals surface area contributed by atoms with Crippen molar-refractivity contribution in [3.63, 3.8) is 0 Å². The van der Waals surface area contributed by atoms with Crippen LogP contribution in [0.4, 0.5) is 0 Å². The number of para-hydroxylation sites is 1. The minimum absolute atomic E-state index is 0.0475. The predicted molar refractivity (Wildman–Crippen MR) is 112 cm³/mol. The second kappa shape index (κ2) is 9.57. The summed E-state index contributed by atoms with van der Waals surface area (Å²) in [5, 5.41) is 2.99. The Labute approximate surface area is 173 Å². The van der Waals surface area contributed by atoms with E-state index in [0.29, 0.717) is 24.5 Å². The van der Waals surface area contributed by atoms with Crippen LogP contribution < -0.4 is 10.1 Å². The van der Waals surface area contributed by atoms with Crippen molar-refractivity contribution in [2.75, 3.05) is 20.6 Å². The third-order valence-electron chi connectivity index (χ3n) is 4.37. The van der Waals surface area contributed by atoms with Gasteiger partial charge in [0.15, 0.2) is 0 Å². The first kappa shape index (κ1) is 20.2. The summed E-state index contributed by atoms with van der Waals surface area (Å²) in [7, 11) is 3.91. The average molecular weight is 443 g/mol. The monoisotopic (exact) mass is 442 g/mol. The molecule has 2 aromatic carbocycles. The molecule has 0 bridgehead atoms. The van der Waals surface area contributed by atoms with Gasteiger partial charge in [0.25, 0.3) is 5.91 Å². The van der Waals surface area contributed by atoms with Crippen molar-refractivity contribution >= 4 is 21.8 Å². The molecule has 0 aliphatic rings. The molecule has 0 radical (unpaired) electrons. The summed E-state index contributed by atoms with van der Waals surface area (Å²) in [5.41, 5.74) is 1.53. The van der Waals surface area contributed by atoms with Crippen LogP contribution in [0.1, 0.15) is 27.7 Å². The molecule has 3 rings (SSSR count). The number of carbonyl (C=O) groups is 1. The molecule has 1 N–H and O–H groups in total. The Bertz CT molecular complexity index is 910. The topological polar surface area (TPSA) is 54.7 Å². The maximum atomic E-state index is 12.8. The first-order chi connectivity index (χ1) is 13.5. The summed E-state index contributed by atoms with van der Waals surface area (Å²) in [6, 6.07) is 18.9. The minimum Gasteiger partial charge on any atom is -0.488 e. The summed E-state index contributed by atoms with van der Waals surface area (Å²) in [6.45, 7) is 0.815. The van der Waals surface area contributed by atoms with Crippen molar-refractivity contribution in [2.24, 2.45) is 0 Å². The van der Waals surface area contributed by atoms with Crippen molar-refractivity contribution in [3.05, 3.63) is 88.3 Å². The molecule has 6 heteroatoms. The Morgan fingerprint density at radius 3 is 2.68 bits per heavy atom. The summed E-state index contributed by atoms with van der Waals surface area (Å²) in [4.78, 5) is 14.8. The zero-order valence-corrected chi connectivity index (χ0v) is 17.5. The van der Waals surface area contributed by atoms with Gasteiger partial charge in [-0.15, -0.1) is 0 Å². The Hall–Kier alpha value is -2.57. The Kier molecular flexibility index (Phi) is 6.90. The third-order valence-corrected chi connectivity index (χ3v) is 4.86. The number of benzene rings is 2. The number of ether oxygens (including phenoxy) is 1. The minimum atomic E-state index is -0.178. The molecule has 0 spiro atoms. The fourth-order valence-electron chi connectivity index (χ4n) is 2.87. The number of hydrogen-bond acceptors (Lipinski definition) is 4. The van der Waals surface area contributed by atoms with Gasteiger partial charge in [0.1, 0.15) is 18.1 Å². The smallest absolute Gasteiger partial charge is 0.255 e. The van der Waals surface area contributed by atoms with Crippen molar-refractivity contribution < 1.29 is 13.9 Å². The van der Waals surface area contributed by atoms with Crippen LogP contribution >= 0.6 is 15.9 Å². The number of hydrogen-bond donors (Lipinski definition) is 1. The largest absolute Gasteiger partial charge is 0.488 e. The lowest BCUT2D eigenvalue weighted by molar-refractivity contribution is 0.0934. The maximum absolute atomic E-state index is 12.8. The van der Waals surface area contributed by atoms with E-state index in [1.807, 2.05) is 73.6 Å². The van der Waals surface area contributed by atoms with E-state index in [9.17, 15) is 4.79 Å². The Morgan fingerprint density at radius 1 is 1.14 bits per heavy atom. The highest BCUT2D eigenvalue weighted by Crippen LogP contribution is 2.22. The van der Waals surface area contributed by atoms with Crippen LogP contribution in [-0.4, -0.2) is 31.4 Å². The fraction of sp³-hybridized carbons (Fsp3) is 0.227. The van der Waals surface area contributed by atoms with Crippen molar-refractivity contribution in [2.45, 2.75) is 12.6 Å². The second-order valence-electron chi connectivity index (χ2n) is 6.62. The van der Waals surface area contributed by atoms with Crippen LogP contribution in [0.2, 0.25) is 0 Å². The number of furan rings is 1. The standard InChI is InChI=1S/C22H23BrN2O3/c1-25(2)19(21-11-6-12-27-21)14-24-22(26)18-9-3-4-10-20(18)28-15-16-7-5-8-17(23)13-16/h3-13,19H,14-15H2,1-2H3,(H,24,26). The third kappa shape index (κ3) is 5.24. The summed E-state index contributed by atoms with van der Waals surface area (Å²) in [5.74, 6) is 1.19.